The van der Waals surface area contributed by atoms with Gasteiger partial charge in [-0.2, -0.15) is 0 Å². The lowest BCUT2D eigenvalue weighted by Crippen LogP contribution is -2.39. The molecule has 0 aliphatic heterocycles. The van der Waals surface area contributed by atoms with Crippen LogP contribution in [0.15, 0.2) is 60.7 Å². The number of hydrogen-bond donors (Lipinski definition) is 1. The van der Waals surface area contributed by atoms with Crippen molar-refractivity contribution in [1.29, 1.82) is 0 Å². The molecule has 1 aliphatic rings. The van der Waals surface area contributed by atoms with E-state index in [0.717, 1.165) is 24.9 Å². The minimum atomic E-state index is -0.248. The van der Waals surface area contributed by atoms with Crippen LogP contribution in [0.3, 0.4) is 0 Å². The monoisotopic (exact) mass is 294 g/mol. The summed E-state index contributed by atoms with van der Waals surface area (Å²) in [4.78, 5) is 14.8. The fraction of sp³-hybridized carbons (Fsp3) is 0.316. The smallest absolute Gasteiger partial charge is 0.242 e. The van der Waals surface area contributed by atoms with Gasteiger partial charge >= 0.3 is 0 Å². The molecule has 22 heavy (non-hydrogen) atoms. The number of rotatable bonds is 6. The van der Waals surface area contributed by atoms with E-state index in [9.17, 15) is 4.79 Å². The van der Waals surface area contributed by atoms with E-state index in [1.165, 1.54) is 5.56 Å². The minimum Gasteiger partial charge on any atom is -0.352 e. The molecule has 1 fully saturated rings. The molecule has 1 atom stereocenters. The second kappa shape index (κ2) is 6.75. The molecule has 2 aromatic carbocycles. The molecule has 0 saturated heterocycles. The molecule has 0 heterocycles. The molecular weight excluding hydrogens is 272 g/mol. The zero-order valence-corrected chi connectivity index (χ0v) is 12.9. The summed E-state index contributed by atoms with van der Waals surface area (Å²) in [5.41, 5.74) is 2.25. The lowest BCUT2D eigenvalue weighted by atomic mass is 10.0. The molecule has 114 valence electrons. The van der Waals surface area contributed by atoms with E-state index in [4.69, 9.17) is 0 Å². The molecule has 0 unspecified atom stereocenters. The van der Waals surface area contributed by atoms with Gasteiger partial charge in [0, 0.05) is 12.6 Å². The van der Waals surface area contributed by atoms with Gasteiger partial charge < -0.3 is 5.32 Å². The van der Waals surface area contributed by atoms with Crippen LogP contribution in [0.2, 0.25) is 0 Å². The van der Waals surface area contributed by atoms with Gasteiger partial charge in [-0.15, -0.1) is 0 Å². The highest BCUT2D eigenvalue weighted by Gasteiger charge is 2.30. The van der Waals surface area contributed by atoms with Crippen LogP contribution < -0.4 is 5.32 Å². The number of carbonyl (C=O) groups excluding carboxylic acids is 1. The molecule has 0 aromatic heterocycles. The highest BCUT2D eigenvalue weighted by Crippen LogP contribution is 2.25. The van der Waals surface area contributed by atoms with Crippen molar-refractivity contribution in [2.75, 3.05) is 7.05 Å². The average Bonchev–Trinajstić information content (AvgIpc) is 3.33. The summed E-state index contributed by atoms with van der Waals surface area (Å²) in [7, 11) is 2.01. The first kappa shape index (κ1) is 14.8. The van der Waals surface area contributed by atoms with Gasteiger partial charge in [-0.3, -0.25) is 9.69 Å². The largest absolute Gasteiger partial charge is 0.352 e. The fourth-order valence-corrected chi connectivity index (χ4v) is 2.71. The summed E-state index contributed by atoms with van der Waals surface area (Å²) >= 11 is 0. The molecule has 0 spiro atoms. The van der Waals surface area contributed by atoms with Gasteiger partial charge in [-0.1, -0.05) is 60.7 Å². The van der Waals surface area contributed by atoms with E-state index >= 15 is 0 Å². The van der Waals surface area contributed by atoms with Crippen molar-refractivity contribution in [2.45, 2.75) is 31.5 Å². The van der Waals surface area contributed by atoms with Gasteiger partial charge in [0.2, 0.25) is 5.91 Å². The summed E-state index contributed by atoms with van der Waals surface area (Å²) in [6, 6.07) is 20.4. The first-order chi connectivity index (χ1) is 10.7. The summed E-state index contributed by atoms with van der Waals surface area (Å²) in [6.07, 6.45) is 2.21. The van der Waals surface area contributed by atoms with Crippen LogP contribution in [0.4, 0.5) is 0 Å². The Morgan fingerprint density at radius 1 is 1.09 bits per heavy atom. The van der Waals surface area contributed by atoms with E-state index in [-0.39, 0.29) is 11.9 Å². The summed E-state index contributed by atoms with van der Waals surface area (Å²) in [5.74, 6) is 0.104. The lowest BCUT2D eigenvalue weighted by Gasteiger charge is -2.27. The van der Waals surface area contributed by atoms with Gasteiger partial charge in [0.15, 0.2) is 0 Å². The Labute approximate surface area is 132 Å². The highest BCUT2D eigenvalue weighted by atomic mass is 16.2. The van der Waals surface area contributed by atoms with Crippen LogP contribution in [0.25, 0.3) is 0 Å². The van der Waals surface area contributed by atoms with Crippen LogP contribution >= 0.6 is 0 Å². The maximum atomic E-state index is 12.7. The fourth-order valence-electron chi connectivity index (χ4n) is 2.71. The second-order valence-corrected chi connectivity index (χ2v) is 6.00. The number of amides is 1. The number of hydrogen-bond acceptors (Lipinski definition) is 2. The van der Waals surface area contributed by atoms with E-state index in [1.807, 2.05) is 55.6 Å². The molecule has 3 rings (SSSR count). The van der Waals surface area contributed by atoms with Crippen LogP contribution in [0.1, 0.15) is 30.0 Å². The molecule has 1 aliphatic carbocycles. The van der Waals surface area contributed by atoms with Crippen molar-refractivity contribution in [3.05, 3.63) is 71.8 Å². The van der Waals surface area contributed by atoms with Crippen LogP contribution in [-0.2, 0) is 11.3 Å². The maximum absolute atomic E-state index is 12.7. The molecule has 2 aromatic rings. The summed E-state index contributed by atoms with van der Waals surface area (Å²) < 4.78 is 0. The van der Waals surface area contributed by atoms with Crippen LogP contribution in [-0.4, -0.2) is 23.9 Å². The van der Waals surface area contributed by atoms with Gasteiger partial charge in [-0.25, -0.2) is 0 Å². The van der Waals surface area contributed by atoms with Gasteiger partial charge in [0.1, 0.15) is 6.04 Å². The average molecular weight is 294 g/mol. The third-order valence-corrected chi connectivity index (χ3v) is 4.00. The van der Waals surface area contributed by atoms with E-state index < -0.39 is 0 Å². The zero-order valence-electron chi connectivity index (χ0n) is 12.9. The Kier molecular flexibility index (Phi) is 4.54. The minimum absolute atomic E-state index is 0.104. The standard InChI is InChI=1S/C19H22N2O/c1-21(14-15-8-4-2-5-9-15)18(16-10-6-3-7-11-16)19(22)20-17-12-13-17/h2-11,17-18H,12-14H2,1H3,(H,20,22)/t18-/m0/s1. The molecule has 0 radical (unpaired) electrons. The highest BCUT2D eigenvalue weighted by molar-refractivity contribution is 5.83. The zero-order chi connectivity index (χ0) is 15.4. The van der Waals surface area contributed by atoms with Gasteiger partial charge in [0.05, 0.1) is 0 Å². The van der Waals surface area contributed by atoms with Crippen LogP contribution in [0.5, 0.6) is 0 Å². The first-order valence-corrected chi connectivity index (χ1v) is 7.83. The number of nitrogens with zero attached hydrogens (tertiary/aromatic N) is 1. The molecule has 3 heteroatoms. The Hall–Kier alpha value is -2.13. The molecule has 1 saturated carbocycles. The van der Waals surface area contributed by atoms with Crippen molar-refractivity contribution in [3.8, 4) is 0 Å². The number of nitrogens with one attached hydrogen (secondary N) is 1. The molecule has 1 N–H and O–H groups in total. The predicted molar refractivity (Wildman–Crippen MR) is 88.3 cm³/mol. The Bertz CT molecular complexity index is 608. The Balaban J connectivity index is 1.79. The molecule has 0 bridgehead atoms. The second-order valence-electron chi connectivity index (χ2n) is 6.00. The third-order valence-electron chi connectivity index (χ3n) is 4.00. The first-order valence-electron chi connectivity index (χ1n) is 7.83. The van der Waals surface area contributed by atoms with E-state index in [1.54, 1.807) is 0 Å². The number of likely N-dealkylation sites (N-methyl/N-ethyl adjacent to an activating group) is 1. The van der Waals surface area contributed by atoms with Gasteiger partial charge in [-0.05, 0) is 31.0 Å². The lowest BCUT2D eigenvalue weighted by molar-refractivity contribution is -0.126. The molecule has 3 nitrogen and oxygen atoms in total. The van der Waals surface area contributed by atoms with Crippen LogP contribution in [0, 0.1) is 0 Å². The topological polar surface area (TPSA) is 32.3 Å². The normalized spacial score (nSPS) is 15.5. The Morgan fingerprint density at radius 3 is 2.27 bits per heavy atom. The third kappa shape index (κ3) is 3.74. The van der Waals surface area contributed by atoms with Gasteiger partial charge in [0.25, 0.3) is 0 Å². The predicted octanol–water partition coefficient (Wildman–Crippen LogP) is 3.14. The quantitative estimate of drug-likeness (QED) is 0.887. The van der Waals surface area contributed by atoms with Crippen molar-refractivity contribution in [3.63, 3.8) is 0 Å². The number of benzene rings is 2. The summed E-state index contributed by atoms with van der Waals surface area (Å²) in [5, 5.41) is 3.14. The SMILES string of the molecule is CN(Cc1ccccc1)[C@H](C(=O)NC1CC1)c1ccccc1. The molecule has 1 amide bonds. The summed E-state index contributed by atoms with van der Waals surface area (Å²) in [6.45, 7) is 0.748. The Morgan fingerprint density at radius 2 is 1.68 bits per heavy atom. The number of carbonyl (C=O) groups is 1. The van der Waals surface area contributed by atoms with E-state index in [0.29, 0.717) is 6.04 Å². The van der Waals surface area contributed by atoms with Crippen molar-refractivity contribution in [1.82, 2.24) is 10.2 Å². The van der Waals surface area contributed by atoms with Crippen molar-refractivity contribution in [2.24, 2.45) is 0 Å². The van der Waals surface area contributed by atoms with E-state index in [2.05, 4.69) is 22.3 Å². The van der Waals surface area contributed by atoms with Crippen molar-refractivity contribution >= 4 is 5.91 Å². The maximum Gasteiger partial charge on any atom is 0.242 e. The van der Waals surface area contributed by atoms with Crippen molar-refractivity contribution < 1.29 is 4.79 Å². The molecular formula is C19H22N2O.